The van der Waals surface area contributed by atoms with Crippen molar-refractivity contribution in [3.8, 4) is 11.8 Å². The van der Waals surface area contributed by atoms with Crippen LogP contribution in [0.25, 0.3) is 0 Å². The smallest absolute Gasteiger partial charge is 0.133 e. The van der Waals surface area contributed by atoms with Crippen LogP contribution in [0, 0.1) is 11.3 Å². The van der Waals surface area contributed by atoms with E-state index in [1.54, 1.807) is 19.2 Å². The van der Waals surface area contributed by atoms with E-state index in [0.29, 0.717) is 17.1 Å². The first-order valence-electron chi connectivity index (χ1n) is 5.90. The van der Waals surface area contributed by atoms with Gasteiger partial charge in [-0.2, -0.15) is 5.26 Å². The summed E-state index contributed by atoms with van der Waals surface area (Å²) in [6.07, 6.45) is 0. The Morgan fingerprint density at radius 1 is 1.30 bits per heavy atom. The van der Waals surface area contributed by atoms with E-state index in [-0.39, 0.29) is 0 Å². The molecule has 0 aromatic heterocycles. The maximum atomic E-state index is 8.94. The Morgan fingerprint density at radius 2 is 2.10 bits per heavy atom. The van der Waals surface area contributed by atoms with E-state index in [9.17, 15) is 0 Å². The molecule has 0 aliphatic carbocycles. The number of nitriles is 1. The van der Waals surface area contributed by atoms with Crippen molar-refractivity contribution >= 4 is 33.2 Å². The monoisotopic (exact) mass is 350 g/mol. The van der Waals surface area contributed by atoms with Gasteiger partial charge in [-0.1, -0.05) is 17.7 Å². The molecule has 0 atom stereocenters. The van der Waals surface area contributed by atoms with Crippen molar-refractivity contribution in [2.45, 2.75) is 6.54 Å². The zero-order chi connectivity index (χ0) is 14.5. The summed E-state index contributed by atoms with van der Waals surface area (Å²) in [5.74, 6) is 0.798. The molecule has 20 heavy (non-hydrogen) atoms. The molecule has 0 spiro atoms. The molecule has 0 aliphatic rings. The quantitative estimate of drug-likeness (QED) is 0.876. The molecule has 0 fully saturated rings. The second kappa shape index (κ2) is 6.65. The van der Waals surface area contributed by atoms with E-state index in [2.05, 4.69) is 27.3 Å². The fourth-order valence-electron chi connectivity index (χ4n) is 1.74. The van der Waals surface area contributed by atoms with E-state index in [1.165, 1.54) is 0 Å². The average molecular weight is 352 g/mol. The van der Waals surface area contributed by atoms with Gasteiger partial charge in [-0.25, -0.2) is 0 Å². The van der Waals surface area contributed by atoms with Crippen molar-refractivity contribution in [1.29, 1.82) is 5.26 Å². The zero-order valence-electron chi connectivity index (χ0n) is 10.8. The van der Waals surface area contributed by atoms with Gasteiger partial charge in [0.25, 0.3) is 0 Å². The molecule has 0 amide bonds. The molecule has 0 aliphatic heterocycles. The normalized spacial score (nSPS) is 9.90. The third kappa shape index (κ3) is 3.44. The van der Waals surface area contributed by atoms with Gasteiger partial charge >= 0.3 is 0 Å². The first-order valence-corrected chi connectivity index (χ1v) is 7.07. The molecule has 2 aromatic carbocycles. The van der Waals surface area contributed by atoms with Crippen molar-refractivity contribution < 1.29 is 4.74 Å². The van der Waals surface area contributed by atoms with Crippen molar-refractivity contribution in [1.82, 2.24) is 0 Å². The fourth-order valence-corrected chi connectivity index (χ4v) is 2.49. The SMILES string of the molecule is COc1ccc(CNc2ccc(Cl)c(C#N)c2)cc1Br. The Bertz CT molecular complexity index is 667. The summed E-state index contributed by atoms with van der Waals surface area (Å²) in [7, 11) is 1.63. The number of halogens is 2. The number of methoxy groups -OCH3 is 1. The lowest BCUT2D eigenvalue weighted by atomic mass is 10.2. The predicted octanol–water partition coefficient (Wildman–Crippen LogP) is 4.59. The van der Waals surface area contributed by atoms with Crippen LogP contribution >= 0.6 is 27.5 Å². The molecule has 0 radical (unpaired) electrons. The molecule has 1 N–H and O–H groups in total. The molecule has 0 heterocycles. The van der Waals surface area contributed by atoms with Gasteiger partial charge in [0, 0.05) is 12.2 Å². The lowest BCUT2D eigenvalue weighted by Crippen LogP contribution is -2.00. The third-order valence-corrected chi connectivity index (χ3v) is 3.75. The van der Waals surface area contributed by atoms with Crippen molar-refractivity contribution in [3.63, 3.8) is 0 Å². The highest BCUT2D eigenvalue weighted by Gasteiger charge is 2.03. The van der Waals surface area contributed by atoms with Crippen LogP contribution in [0.15, 0.2) is 40.9 Å². The van der Waals surface area contributed by atoms with Crippen LogP contribution in [0.4, 0.5) is 5.69 Å². The topological polar surface area (TPSA) is 45.0 Å². The molecule has 0 bridgehead atoms. The number of nitrogens with zero attached hydrogens (tertiary/aromatic N) is 1. The summed E-state index contributed by atoms with van der Waals surface area (Å²) in [6, 6.07) is 13.2. The molecule has 2 rings (SSSR count). The second-order valence-electron chi connectivity index (χ2n) is 4.13. The van der Waals surface area contributed by atoms with Gasteiger partial charge in [0.05, 0.1) is 22.2 Å². The number of benzene rings is 2. The Morgan fingerprint density at radius 3 is 2.75 bits per heavy atom. The lowest BCUT2D eigenvalue weighted by molar-refractivity contribution is 0.412. The maximum Gasteiger partial charge on any atom is 0.133 e. The molecule has 0 unspecified atom stereocenters. The van der Waals surface area contributed by atoms with Gasteiger partial charge in [0.2, 0.25) is 0 Å². The second-order valence-corrected chi connectivity index (χ2v) is 5.39. The first kappa shape index (κ1) is 14.7. The van der Waals surface area contributed by atoms with Crippen LogP contribution in [0.2, 0.25) is 5.02 Å². The summed E-state index contributed by atoms with van der Waals surface area (Å²) in [4.78, 5) is 0. The Balaban J connectivity index is 2.09. The van der Waals surface area contributed by atoms with Crippen molar-refractivity contribution in [2.75, 3.05) is 12.4 Å². The van der Waals surface area contributed by atoms with Crippen LogP contribution < -0.4 is 10.1 Å². The van der Waals surface area contributed by atoms with Crippen LogP contribution in [0.5, 0.6) is 5.75 Å². The van der Waals surface area contributed by atoms with Crippen molar-refractivity contribution in [3.05, 3.63) is 57.0 Å². The van der Waals surface area contributed by atoms with E-state index < -0.39 is 0 Å². The summed E-state index contributed by atoms with van der Waals surface area (Å²) in [5, 5.41) is 12.7. The van der Waals surface area contributed by atoms with Gasteiger partial charge in [-0.05, 0) is 51.8 Å². The summed E-state index contributed by atoms with van der Waals surface area (Å²) in [5.41, 5.74) is 2.43. The highest BCUT2D eigenvalue weighted by atomic mass is 79.9. The van der Waals surface area contributed by atoms with E-state index in [4.69, 9.17) is 21.6 Å². The fraction of sp³-hybridized carbons (Fsp3) is 0.133. The summed E-state index contributed by atoms with van der Waals surface area (Å²) in [6.45, 7) is 0.648. The highest BCUT2D eigenvalue weighted by molar-refractivity contribution is 9.10. The third-order valence-electron chi connectivity index (χ3n) is 2.80. The number of nitrogens with one attached hydrogen (secondary N) is 1. The number of hydrogen-bond acceptors (Lipinski definition) is 3. The lowest BCUT2D eigenvalue weighted by Gasteiger charge is -2.09. The minimum Gasteiger partial charge on any atom is -0.496 e. The molecular formula is C15H12BrClN2O. The maximum absolute atomic E-state index is 8.94. The van der Waals surface area contributed by atoms with E-state index in [0.717, 1.165) is 21.5 Å². The molecular weight excluding hydrogens is 340 g/mol. The van der Waals surface area contributed by atoms with Gasteiger partial charge in [0.15, 0.2) is 0 Å². The molecule has 0 saturated heterocycles. The first-order chi connectivity index (χ1) is 9.63. The average Bonchev–Trinajstić information content (AvgIpc) is 2.46. The Labute approximate surface area is 131 Å². The molecule has 0 saturated carbocycles. The number of hydrogen-bond donors (Lipinski definition) is 1. The predicted molar refractivity (Wildman–Crippen MR) is 84.2 cm³/mol. The highest BCUT2D eigenvalue weighted by Crippen LogP contribution is 2.26. The summed E-state index contributed by atoms with van der Waals surface area (Å²) >= 11 is 9.35. The molecule has 102 valence electrons. The molecule has 3 nitrogen and oxygen atoms in total. The molecule has 5 heteroatoms. The van der Waals surface area contributed by atoms with Crippen LogP contribution in [-0.2, 0) is 6.54 Å². The van der Waals surface area contributed by atoms with Crippen LogP contribution in [0.3, 0.4) is 0 Å². The van der Waals surface area contributed by atoms with Gasteiger partial charge in [-0.3, -0.25) is 0 Å². The standard InChI is InChI=1S/C15H12BrClN2O/c1-20-15-5-2-10(6-13(15)16)9-19-12-3-4-14(17)11(7-12)8-18/h2-7,19H,9H2,1H3. The Hall–Kier alpha value is -1.70. The van der Waals surface area contributed by atoms with Gasteiger partial charge < -0.3 is 10.1 Å². The largest absolute Gasteiger partial charge is 0.496 e. The van der Waals surface area contributed by atoms with Gasteiger partial charge in [-0.15, -0.1) is 0 Å². The number of anilines is 1. The molecule has 2 aromatic rings. The number of rotatable bonds is 4. The minimum atomic E-state index is 0.463. The van der Waals surface area contributed by atoms with E-state index >= 15 is 0 Å². The van der Waals surface area contributed by atoms with Crippen LogP contribution in [-0.4, -0.2) is 7.11 Å². The Kier molecular flexibility index (Phi) is 4.89. The summed E-state index contributed by atoms with van der Waals surface area (Å²) < 4.78 is 6.10. The van der Waals surface area contributed by atoms with Gasteiger partial charge in [0.1, 0.15) is 11.8 Å². The minimum absolute atomic E-state index is 0.463. The van der Waals surface area contributed by atoms with Crippen molar-refractivity contribution in [2.24, 2.45) is 0 Å². The zero-order valence-corrected chi connectivity index (χ0v) is 13.1. The van der Waals surface area contributed by atoms with Crippen LogP contribution in [0.1, 0.15) is 11.1 Å². The number of ether oxygens (including phenoxy) is 1. The van der Waals surface area contributed by atoms with E-state index in [1.807, 2.05) is 24.3 Å².